The van der Waals surface area contributed by atoms with E-state index in [0.717, 1.165) is 0 Å². The summed E-state index contributed by atoms with van der Waals surface area (Å²) >= 11 is 5.14. The van der Waals surface area contributed by atoms with Crippen LogP contribution in [0, 0.1) is 0 Å². The molecule has 0 unspecified atom stereocenters. The van der Waals surface area contributed by atoms with Crippen LogP contribution in [-0.2, 0) is 4.79 Å². The summed E-state index contributed by atoms with van der Waals surface area (Å²) in [6.07, 6.45) is 1.34. The van der Waals surface area contributed by atoms with E-state index in [1.54, 1.807) is 0 Å². The minimum absolute atomic E-state index is 0.130. The van der Waals surface area contributed by atoms with Crippen LogP contribution in [0.2, 0.25) is 0 Å². The van der Waals surface area contributed by atoms with Crippen LogP contribution in [0.1, 0.15) is 14.5 Å². The largest absolute Gasteiger partial charge is 0.497 e. The van der Waals surface area contributed by atoms with Gasteiger partial charge in [0.25, 0.3) is 5.24 Å². The molecule has 0 saturated heterocycles. The second-order valence-electron chi connectivity index (χ2n) is 3.11. The number of methoxy groups -OCH3 is 1. The van der Waals surface area contributed by atoms with Gasteiger partial charge in [-0.1, -0.05) is 0 Å². The first-order valence-corrected chi connectivity index (χ1v) is 4.70. The lowest BCUT2D eigenvalue weighted by Gasteiger charge is -1.99. The minimum Gasteiger partial charge on any atom is -0.497 e. The van der Waals surface area contributed by atoms with Crippen LogP contribution in [0.5, 0.6) is 5.75 Å². The van der Waals surface area contributed by atoms with Crippen LogP contribution in [0.25, 0.3) is 10.9 Å². The average molecular weight is 241 g/mol. The van der Waals surface area contributed by atoms with E-state index in [2.05, 4.69) is 4.98 Å². The Bertz CT molecular complexity index is 663. The Labute approximate surface area is 100 Å². The molecule has 0 radical (unpaired) electrons. The fourth-order valence-corrected chi connectivity index (χ4v) is 1.56. The first-order chi connectivity index (χ1) is 8.78. The van der Waals surface area contributed by atoms with Gasteiger partial charge in [-0.2, -0.15) is 0 Å². The second-order valence-corrected chi connectivity index (χ2v) is 3.46. The maximum atomic E-state index is 11.5. The molecule has 0 atom stereocenters. The third-order valence-electron chi connectivity index (χ3n) is 2.19. The van der Waals surface area contributed by atoms with Crippen molar-refractivity contribution in [2.45, 2.75) is 0 Å². The molecule has 2 aromatic rings. The lowest BCUT2D eigenvalue weighted by atomic mass is 10.1. The number of Topliss-reactive ketones (excluding diaryl/α,β-unsaturated/α-hetero) is 1. The highest BCUT2D eigenvalue weighted by Crippen LogP contribution is 2.23. The summed E-state index contributed by atoms with van der Waals surface area (Å²) in [4.78, 5) is 25.1. The number of H-pyrrole nitrogens is 1. The lowest BCUT2D eigenvalue weighted by Crippen LogP contribution is -2.06. The molecule has 16 heavy (non-hydrogen) atoms. The van der Waals surface area contributed by atoms with Gasteiger partial charge in [-0.3, -0.25) is 9.59 Å². The number of ether oxygens (including phenoxy) is 1. The van der Waals surface area contributed by atoms with Crippen LogP contribution in [0.3, 0.4) is 0 Å². The summed E-state index contributed by atoms with van der Waals surface area (Å²) in [6, 6.07) is 4.31. The fourth-order valence-electron chi connectivity index (χ4n) is 1.46. The monoisotopic (exact) mass is 240 g/mol. The molecule has 0 aliphatic carbocycles. The van der Waals surface area contributed by atoms with E-state index in [1.165, 1.54) is 24.4 Å². The number of hydrogen-bond donors (Lipinski definition) is 1. The molecular formula is C11H8ClNO3. The van der Waals surface area contributed by atoms with Gasteiger partial charge in [0.2, 0.25) is 5.78 Å². The molecule has 0 bridgehead atoms. The maximum absolute atomic E-state index is 11.5. The number of carbonyl (C=O) groups is 2. The number of aromatic amines is 1. The van der Waals surface area contributed by atoms with Gasteiger partial charge in [-0.25, -0.2) is 0 Å². The van der Waals surface area contributed by atoms with E-state index in [-0.39, 0.29) is 11.3 Å². The number of aromatic nitrogens is 1. The van der Waals surface area contributed by atoms with E-state index in [9.17, 15) is 9.59 Å². The minimum atomic E-state index is -2.55. The number of nitrogens with one attached hydrogen (secondary N) is 1. The van der Waals surface area contributed by atoms with E-state index in [0.29, 0.717) is 10.9 Å². The predicted molar refractivity (Wildman–Crippen MR) is 60.0 cm³/mol. The zero-order valence-corrected chi connectivity index (χ0v) is 8.67. The summed E-state index contributed by atoms with van der Waals surface area (Å²) in [6.45, 7) is 0. The summed E-state index contributed by atoms with van der Waals surface area (Å²) in [5.74, 6) is -0.692. The molecule has 1 aromatic heterocycles. The molecule has 0 fully saturated rings. The van der Waals surface area contributed by atoms with Gasteiger partial charge in [0, 0.05) is 23.2 Å². The average Bonchev–Trinajstić information content (AvgIpc) is 2.68. The number of rotatable bonds is 3. The van der Waals surface area contributed by atoms with Crippen molar-refractivity contribution < 1.29 is 18.4 Å². The van der Waals surface area contributed by atoms with Crippen molar-refractivity contribution in [1.29, 1.82) is 0 Å². The molecule has 1 aromatic carbocycles. The normalized spacial score (nSPS) is 13.9. The molecule has 5 heteroatoms. The van der Waals surface area contributed by atoms with Gasteiger partial charge in [0.1, 0.15) is 5.75 Å². The van der Waals surface area contributed by atoms with E-state index in [1.807, 2.05) is 0 Å². The Morgan fingerprint density at radius 3 is 3.00 bits per heavy atom. The Hall–Kier alpha value is -1.81. The van der Waals surface area contributed by atoms with Crippen LogP contribution in [0.4, 0.5) is 0 Å². The van der Waals surface area contributed by atoms with Crippen LogP contribution in [-0.4, -0.2) is 23.0 Å². The molecule has 4 nitrogen and oxygen atoms in total. The van der Waals surface area contributed by atoms with Gasteiger partial charge in [0.05, 0.1) is 16.7 Å². The number of hydrogen-bond acceptors (Lipinski definition) is 3. The lowest BCUT2D eigenvalue weighted by molar-refractivity contribution is -0.108. The maximum Gasteiger partial charge on any atom is 0.293 e. The van der Waals surface area contributed by atoms with Crippen molar-refractivity contribution in [3.63, 3.8) is 0 Å². The Balaban J connectivity index is 2.42. The number of halogens is 1. The number of ketones is 1. The van der Waals surface area contributed by atoms with Crippen molar-refractivity contribution in [3.8, 4) is 5.75 Å². The van der Waals surface area contributed by atoms with Gasteiger partial charge < -0.3 is 9.72 Å². The van der Waals surface area contributed by atoms with E-state index >= 15 is 0 Å². The molecule has 82 valence electrons. The molecule has 0 aliphatic rings. The zero-order valence-electron chi connectivity index (χ0n) is 10.9. The standard InChI is InChI=1S/C11H8ClNO3/c1-16-6-2-3-7-8(10(14)11(12)15)5-13-9(7)4-6/h2-5,13H,1H3/i1D3. The number of carbonyl (C=O) groups excluding carboxylic acids is 2. The smallest absolute Gasteiger partial charge is 0.293 e. The van der Waals surface area contributed by atoms with Crippen LogP contribution >= 0.6 is 11.6 Å². The van der Waals surface area contributed by atoms with Crippen molar-refractivity contribution in [1.82, 2.24) is 4.98 Å². The number of fused-ring (bicyclic) bond motifs is 1. The van der Waals surface area contributed by atoms with E-state index < -0.39 is 18.1 Å². The van der Waals surface area contributed by atoms with Gasteiger partial charge in [-0.15, -0.1) is 0 Å². The van der Waals surface area contributed by atoms with Gasteiger partial charge in [-0.05, 0) is 23.7 Å². The van der Waals surface area contributed by atoms with Gasteiger partial charge in [0.15, 0.2) is 0 Å². The molecule has 2 rings (SSSR count). The number of benzene rings is 1. The Kier molecular flexibility index (Phi) is 1.86. The predicted octanol–water partition coefficient (Wildman–Crippen LogP) is 2.12. The van der Waals surface area contributed by atoms with Crippen molar-refractivity contribution in [2.75, 3.05) is 7.04 Å². The van der Waals surface area contributed by atoms with Crippen molar-refractivity contribution in [3.05, 3.63) is 30.0 Å². The third kappa shape index (κ3) is 1.67. The quantitative estimate of drug-likeness (QED) is 0.508. The summed E-state index contributed by atoms with van der Waals surface area (Å²) in [5, 5.41) is -0.611. The molecule has 1 heterocycles. The van der Waals surface area contributed by atoms with Crippen LogP contribution < -0.4 is 4.74 Å². The van der Waals surface area contributed by atoms with Crippen LogP contribution in [0.15, 0.2) is 24.4 Å². The highest BCUT2D eigenvalue weighted by molar-refractivity contribution is 6.83. The summed E-state index contributed by atoms with van der Waals surface area (Å²) in [7, 11) is -2.55. The molecule has 0 saturated carbocycles. The highest BCUT2D eigenvalue weighted by atomic mass is 35.5. The third-order valence-corrected chi connectivity index (χ3v) is 2.37. The Morgan fingerprint density at radius 2 is 2.31 bits per heavy atom. The molecular weight excluding hydrogens is 230 g/mol. The molecule has 1 N–H and O–H groups in total. The topological polar surface area (TPSA) is 59.2 Å². The molecule has 0 spiro atoms. The zero-order chi connectivity index (χ0) is 14.2. The van der Waals surface area contributed by atoms with Crippen molar-refractivity contribution in [2.24, 2.45) is 0 Å². The first-order valence-electron chi connectivity index (χ1n) is 5.82. The van der Waals surface area contributed by atoms with E-state index in [4.69, 9.17) is 20.5 Å². The second kappa shape index (κ2) is 3.98. The highest BCUT2D eigenvalue weighted by Gasteiger charge is 2.17. The summed E-state index contributed by atoms with van der Waals surface area (Å²) < 4.78 is 25.7. The SMILES string of the molecule is [2H]C([2H])([2H])Oc1ccc2c(C(=O)C(=O)Cl)c[nH]c2c1. The van der Waals surface area contributed by atoms with Gasteiger partial charge >= 0.3 is 0 Å². The fraction of sp³-hybridized carbons (Fsp3) is 0.0909. The summed E-state index contributed by atoms with van der Waals surface area (Å²) in [5.41, 5.74) is 0.610. The molecule has 0 aliphatic heterocycles. The van der Waals surface area contributed by atoms with Crippen molar-refractivity contribution >= 4 is 33.5 Å². The first kappa shape index (κ1) is 7.46. The molecule has 0 amide bonds. The Morgan fingerprint density at radius 1 is 1.50 bits per heavy atom.